The van der Waals surface area contributed by atoms with Gasteiger partial charge in [-0.3, -0.25) is 5.21 Å². The molecule has 2 aromatic rings. The molecule has 5 nitrogen and oxygen atoms in total. The Kier molecular flexibility index (Phi) is 3.95. The molecule has 0 bridgehead atoms. The van der Waals surface area contributed by atoms with Gasteiger partial charge in [-0.25, -0.2) is 14.9 Å². The van der Waals surface area contributed by atoms with E-state index in [1.165, 1.54) is 24.3 Å². The largest absolute Gasteiger partial charge is 0.352 e. The van der Waals surface area contributed by atoms with Crippen LogP contribution in [0.3, 0.4) is 0 Å². The van der Waals surface area contributed by atoms with Gasteiger partial charge in [0.15, 0.2) is 5.84 Å². The van der Waals surface area contributed by atoms with Crippen LogP contribution in [0.2, 0.25) is 5.02 Å². The normalized spacial score (nSPS) is 11.7. The van der Waals surface area contributed by atoms with E-state index < -0.39 is 5.82 Å². The van der Waals surface area contributed by atoms with Gasteiger partial charge in [0.05, 0.1) is 10.7 Å². The highest BCUT2D eigenvalue weighted by molar-refractivity contribution is 9.10. The molecule has 2 rings (SSSR count). The zero-order valence-electron chi connectivity index (χ0n) is 8.69. The maximum absolute atomic E-state index is 13.0. The van der Waals surface area contributed by atoms with Crippen molar-refractivity contribution in [2.24, 2.45) is 4.99 Å². The van der Waals surface area contributed by atoms with Crippen LogP contribution in [0.25, 0.3) is 0 Å². The number of halogens is 3. The quantitative estimate of drug-likeness (QED) is 0.502. The van der Waals surface area contributed by atoms with Crippen molar-refractivity contribution in [2.75, 3.05) is 0 Å². The zero-order valence-corrected chi connectivity index (χ0v) is 11.0. The Morgan fingerprint density at radius 2 is 2.28 bits per heavy atom. The third-order valence-corrected chi connectivity index (χ3v) is 2.63. The second kappa shape index (κ2) is 5.47. The fourth-order valence-corrected chi connectivity index (χ4v) is 1.64. The average Bonchev–Trinajstić information content (AvgIpc) is 2.77. The molecule has 94 valence electrons. The molecule has 0 unspecified atom stereocenters. The van der Waals surface area contributed by atoms with Gasteiger partial charge in [-0.1, -0.05) is 16.8 Å². The van der Waals surface area contributed by atoms with Crippen molar-refractivity contribution in [2.45, 2.75) is 0 Å². The van der Waals surface area contributed by atoms with Gasteiger partial charge in [-0.2, -0.15) is 0 Å². The van der Waals surface area contributed by atoms with Crippen molar-refractivity contribution in [1.29, 1.82) is 0 Å². The van der Waals surface area contributed by atoms with Crippen LogP contribution in [-0.4, -0.2) is 16.2 Å². The summed E-state index contributed by atoms with van der Waals surface area (Å²) in [5.41, 5.74) is 2.23. The minimum Gasteiger partial charge on any atom is -0.352 e. The fraction of sp³-hybridized carbons (Fsp3) is 0. The third kappa shape index (κ3) is 2.87. The third-order valence-electron chi connectivity index (χ3n) is 1.96. The van der Waals surface area contributed by atoms with E-state index >= 15 is 0 Å². The zero-order chi connectivity index (χ0) is 13.1. The Labute approximate surface area is 114 Å². The summed E-state index contributed by atoms with van der Waals surface area (Å²) in [5.74, 6) is -0.308. The maximum Gasteiger partial charge on any atom is 0.205 e. The topological polar surface area (TPSA) is 70.7 Å². The van der Waals surface area contributed by atoms with Crippen molar-refractivity contribution in [3.8, 4) is 0 Å². The highest BCUT2D eigenvalue weighted by atomic mass is 79.9. The van der Waals surface area contributed by atoms with Crippen LogP contribution in [0.1, 0.15) is 5.76 Å². The summed E-state index contributed by atoms with van der Waals surface area (Å²) in [5, 5.41) is 12.5. The van der Waals surface area contributed by atoms with Crippen LogP contribution < -0.4 is 5.48 Å². The first-order valence-corrected chi connectivity index (χ1v) is 5.83. The maximum atomic E-state index is 13.0. The van der Waals surface area contributed by atoms with E-state index in [0.29, 0.717) is 10.3 Å². The molecule has 0 spiro atoms. The van der Waals surface area contributed by atoms with Gasteiger partial charge in [-0.05, 0) is 34.1 Å². The lowest BCUT2D eigenvalue weighted by Gasteiger charge is -2.01. The smallest absolute Gasteiger partial charge is 0.205 e. The van der Waals surface area contributed by atoms with Gasteiger partial charge in [-0.15, -0.1) is 0 Å². The number of aromatic nitrogens is 1. The van der Waals surface area contributed by atoms with Crippen LogP contribution >= 0.6 is 27.5 Å². The monoisotopic (exact) mass is 333 g/mol. The van der Waals surface area contributed by atoms with Gasteiger partial charge in [0.25, 0.3) is 0 Å². The van der Waals surface area contributed by atoms with Gasteiger partial charge < -0.3 is 4.52 Å². The highest BCUT2D eigenvalue weighted by Crippen LogP contribution is 2.22. The van der Waals surface area contributed by atoms with Crippen molar-refractivity contribution in [3.63, 3.8) is 0 Å². The lowest BCUT2D eigenvalue weighted by molar-refractivity contribution is 0.231. The van der Waals surface area contributed by atoms with Crippen LogP contribution in [-0.2, 0) is 0 Å². The molecule has 0 radical (unpaired) electrons. The summed E-state index contributed by atoms with van der Waals surface area (Å²) in [4.78, 5) is 4.01. The molecule has 0 atom stereocenters. The molecule has 0 saturated heterocycles. The van der Waals surface area contributed by atoms with Gasteiger partial charge in [0, 0.05) is 6.07 Å². The Bertz CT molecular complexity index is 603. The van der Waals surface area contributed by atoms with Crippen LogP contribution in [0.15, 0.2) is 38.4 Å². The van der Waals surface area contributed by atoms with E-state index in [1.54, 1.807) is 0 Å². The minimum absolute atomic E-state index is 0.0240. The number of hydrogen-bond donors (Lipinski definition) is 2. The molecular formula is C10H6BrClFN3O2. The number of benzene rings is 1. The number of nitrogens with zero attached hydrogens (tertiary/aromatic N) is 2. The number of aliphatic imine (C=N–C) groups is 1. The molecule has 0 aliphatic rings. The number of nitrogens with one attached hydrogen (secondary N) is 1. The molecule has 1 aromatic carbocycles. The average molecular weight is 335 g/mol. The first-order valence-electron chi connectivity index (χ1n) is 4.66. The Morgan fingerprint density at radius 1 is 1.50 bits per heavy atom. The Hall–Kier alpha value is -1.44. The second-order valence-electron chi connectivity index (χ2n) is 3.18. The number of hydrogen-bond acceptors (Lipinski definition) is 4. The predicted octanol–water partition coefficient (Wildman–Crippen LogP) is 3.29. The van der Waals surface area contributed by atoms with Crippen LogP contribution in [0.4, 0.5) is 10.1 Å². The molecule has 0 aliphatic carbocycles. The summed E-state index contributed by atoms with van der Waals surface area (Å²) < 4.78 is 18.3. The van der Waals surface area contributed by atoms with Gasteiger partial charge in [0.2, 0.25) is 5.76 Å². The number of rotatable bonds is 2. The molecule has 1 heterocycles. The van der Waals surface area contributed by atoms with Crippen molar-refractivity contribution in [1.82, 2.24) is 10.6 Å². The molecule has 0 aliphatic heterocycles. The highest BCUT2D eigenvalue weighted by Gasteiger charge is 2.10. The van der Waals surface area contributed by atoms with Gasteiger partial charge in [0.1, 0.15) is 10.4 Å². The van der Waals surface area contributed by atoms with E-state index in [9.17, 15) is 4.39 Å². The molecule has 8 heteroatoms. The van der Waals surface area contributed by atoms with Crippen molar-refractivity contribution in [3.05, 3.63) is 45.5 Å². The number of hydroxylamine groups is 1. The van der Waals surface area contributed by atoms with Crippen LogP contribution in [0.5, 0.6) is 0 Å². The van der Waals surface area contributed by atoms with E-state index in [0.717, 1.165) is 0 Å². The lowest BCUT2D eigenvalue weighted by atomic mass is 10.3. The minimum atomic E-state index is -0.545. The lowest BCUT2D eigenvalue weighted by Crippen LogP contribution is -2.19. The summed E-state index contributed by atoms with van der Waals surface area (Å²) in [6, 6.07) is 5.41. The SMILES string of the molecule is ONC(=Nc1ccc(F)c(Cl)c1)c1cc(Br)no1. The first-order chi connectivity index (χ1) is 8.60. The van der Waals surface area contributed by atoms with E-state index in [-0.39, 0.29) is 16.6 Å². The summed E-state index contributed by atoms with van der Waals surface area (Å²) in [7, 11) is 0. The molecule has 18 heavy (non-hydrogen) atoms. The number of amidine groups is 1. The predicted molar refractivity (Wildman–Crippen MR) is 66.7 cm³/mol. The standard InChI is InChI=1S/C10H6BrClFN3O2/c11-9-4-8(18-16-9)10(15-17)14-5-1-2-7(13)6(12)3-5/h1-4,17H,(H,14,15). The fourth-order valence-electron chi connectivity index (χ4n) is 1.18. The van der Waals surface area contributed by atoms with E-state index in [2.05, 4.69) is 26.1 Å². The van der Waals surface area contributed by atoms with Crippen molar-refractivity contribution < 1.29 is 14.1 Å². The molecule has 0 saturated carbocycles. The van der Waals surface area contributed by atoms with Gasteiger partial charge >= 0.3 is 0 Å². The Balaban J connectivity index is 2.37. The molecular weight excluding hydrogens is 328 g/mol. The van der Waals surface area contributed by atoms with Crippen LogP contribution in [0, 0.1) is 5.82 Å². The summed E-state index contributed by atoms with van der Waals surface area (Å²) in [6.45, 7) is 0. The second-order valence-corrected chi connectivity index (χ2v) is 4.40. The van der Waals surface area contributed by atoms with Crippen molar-refractivity contribution >= 4 is 39.1 Å². The molecule has 1 aromatic heterocycles. The summed E-state index contributed by atoms with van der Waals surface area (Å²) >= 11 is 8.72. The molecule has 0 fully saturated rings. The molecule has 2 N–H and O–H groups in total. The molecule has 0 amide bonds. The van der Waals surface area contributed by atoms with E-state index in [1.807, 2.05) is 5.48 Å². The van der Waals surface area contributed by atoms with E-state index in [4.69, 9.17) is 21.3 Å². The summed E-state index contributed by atoms with van der Waals surface area (Å²) in [6.07, 6.45) is 0. The first kappa shape index (κ1) is 13.0. The Morgan fingerprint density at radius 3 is 2.83 bits per heavy atom.